The monoisotopic (exact) mass is 378 g/mol. The molecule has 0 spiro atoms. The molecule has 1 aromatic rings. The van der Waals surface area contributed by atoms with E-state index in [1.54, 1.807) is 35.4 Å². The van der Waals surface area contributed by atoms with E-state index in [4.69, 9.17) is 14.2 Å². The third-order valence-corrected chi connectivity index (χ3v) is 3.61. The summed E-state index contributed by atoms with van der Waals surface area (Å²) in [6, 6.07) is 3.68. The summed E-state index contributed by atoms with van der Waals surface area (Å²) in [5, 5.41) is 6.17. The van der Waals surface area contributed by atoms with Crippen molar-refractivity contribution in [3.05, 3.63) is 29.8 Å². The molecule has 0 atom stereocenters. The number of hydrogen-bond donors (Lipinski definition) is 2. The lowest BCUT2D eigenvalue weighted by atomic mass is 10.2. The molecule has 8 heteroatoms. The molecule has 0 unspecified atom stereocenters. The second-order valence-electron chi connectivity index (χ2n) is 6.15. The first-order valence-electron chi connectivity index (χ1n) is 8.48. The minimum Gasteiger partial charge on any atom is -0.493 e. The average Bonchev–Trinajstić information content (AvgIpc) is 2.65. The summed E-state index contributed by atoms with van der Waals surface area (Å²) in [4.78, 5) is 17.9. The molecule has 2 N–H and O–H groups in total. The van der Waals surface area contributed by atoms with Crippen LogP contribution in [-0.2, 0) is 11.3 Å². The first-order chi connectivity index (χ1) is 12.8. The summed E-state index contributed by atoms with van der Waals surface area (Å²) < 4.78 is 16.1. The van der Waals surface area contributed by atoms with Crippen LogP contribution in [0.4, 0.5) is 0 Å². The number of aliphatic imine (C=N–C) groups is 1. The molecule has 1 rings (SSSR count). The Morgan fingerprint density at radius 1 is 1.07 bits per heavy atom. The molecule has 0 aliphatic carbocycles. The number of benzene rings is 1. The topological polar surface area (TPSA) is 84.4 Å². The molecule has 0 fully saturated rings. The molecular formula is C19H30N4O4. The highest BCUT2D eigenvalue weighted by atomic mass is 16.5. The van der Waals surface area contributed by atoms with Crippen LogP contribution in [0.1, 0.15) is 12.5 Å². The maximum absolute atomic E-state index is 11.8. The lowest BCUT2D eigenvalue weighted by Crippen LogP contribution is -2.43. The Morgan fingerprint density at radius 3 is 2.07 bits per heavy atom. The third kappa shape index (κ3) is 7.08. The van der Waals surface area contributed by atoms with Gasteiger partial charge >= 0.3 is 0 Å². The van der Waals surface area contributed by atoms with Gasteiger partial charge in [-0.15, -0.1) is 0 Å². The predicted octanol–water partition coefficient (Wildman–Crippen LogP) is 1.41. The largest absolute Gasteiger partial charge is 0.493 e. The molecule has 1 amide bonds. The van der Waals surface area contributed by atoms with Crippen molar-refractivity contribution >= 4 is 11.9 Å². The quantitative estimate of drug-likeness (QED) is 0.384. The molecule has 0 aliphatic rings. The van der Waals surface area contributed by atoms with Crippen LogP contribution in [0.3, 0.4) is 0 Å². The second-order valence-corrected chi connectivity index (χ2v) is 6.15. The highest BCUT2D eigenvalue weighted by Crippen LogP contribution is 2.38. The van der Waals surface area contributed by atoms with Crippen molar-refractivity contribution in [3.63, 3.8) is 0 Å². The van der Waals surface area contributed by atoms with E-state index in [2.05, 4.69) is 22.2 Å². The van der Waals surface area contributed by atoms with E-state index in [0.29, 0.717) is 36.3 Å². The van der Waals surface area contributed by atoms with Crippen LogP contribution in [0, 0.1) is 0 Å². The molecule has 0 radical (unpaired) electrons. The lowest BCUT2D eigenvalue weighted by molar-refractivity contribution is -0.127. The lowest BCUT2D eigenvalue weighted by Gasteiger charge is -2.16. The summed E-state index contributed by atoms with van der Waals surface area (Å²) in [6.07, 6.45) is 0. The molecule has 8 nitrogen and oxygen atoms in total. The van der Waals surface area contributed by atoms with Crippen LogP contribution < -0.4 is 24.8 Å². The molecular weight excluding hydrogens is 348 g/mol. The number of hydrogen-bond acceptors (Lipinski definition) is 5. The molecule has 0 aliphatic heterocycles. The fourth-order valence-electron chi connectivity index (χ4n) is 2.12. The number of carbonyl (C=O) groups is 1. The number of nitrogens with one attached hydrogen (secondary N) is 2. The van der Waals surface area contributed by atoms with Crippen molar-refractivity contribution in [1.29, 1.82) is 0 Å². The first-order valence-corrected chi connectivity index (χ1v) is 8.48. The van der Waals surface area contributed by atoms with Crippen molar-refractivity contribution in [2.75, 3.05) is 48.5 Å². The average molecular weight is 378 g/mol. The minimum atomic E-state index is -0.0485. The summed E-state index contributed by atoms with van der Waals surface area (Å²) in [5.74, 6) is 2.13. The zero-order valence-corrected chi connectivity index (χ0v) is 17.0. The number of ether oxygens (including phenoxy) is 3. The molecule has 1 aromatic carbocycles. The number of carbonyl (C=O) groups excluding carboxylic acids is 1. The zero-order chi connectivity index (χ0) is 20.4. The maximum atomic E-state index is 11.8. The Hall–Kier alpha value is -2.90. The van der Waals surface area contributed by atoms with E-state index in [9.17, 15) is 4.79 Å². The van der Waals surface area contributed by atoms with E-state index in [-0.39, 0.29) is 12.5 Å². The number of likely N-dealkylation sites (N-methyl/N-ethyl adjacent to an activating group) is 1. The molecule has 0 saturated carbocycles. The van der Waals surface area contributed by atoms with Gasteiger partial charge in [-0.3, -0.25) is 4.79 Å². The maximum Gasteiger partial charge on any atom is 0.241 e. The Balaban J connectivity index is 2.99. The Morgan fingerprint density at radius 2 is 1.63 bits per heavy atom. The van der Waals surface area contributed by atoms with Gasteiger partial charge in [-0.05, 0) is 24.6 Å². The Kier molecular flexibility index (Phi) is 8.98. The number of methoxy groups -OCH3 is 3. The van der Waals surface area contributed by atoms with Crippen LogP contribution in [0.15, 0.2) is 29.3 Å². The number of nitrogens with zero attached hydrogens (tertiary/aromatic N) is 2. The van der Waals surface area contributed by atoms with Crippen LogP contribution in [0.2, 0.25) is 0 Å². The molecule has 0 aromatic heterocycles. The van der Waals surface area contributed by atoms with Crippen LogP contribution in [0.25, 0.3) is 0 Å². The van der Waals surface area contributed by atoms with E-state index >= 15 is 0 Å². The van der Waals surface area contributed by atoms with Gasteiger partial charge in [-0.2, -0.15) is 0 Å². The summed E-state index contributed by atoms with van der Waals surface area (Å²) >= 11 is 0. The van der Waals surface area contributed by atoms with Crippen molar-refractivity contribution < 1.29 is 19.0 Å². The molecule has 27 heavy (non-hydrogen) atoms. The van der Waals surface area contributed by atoms with E-state index in [0.717, 1.165) is 11.1 Å². The van der Waals surface area contributed by atoms with Crippen molar-refractivity contribution in [1.82, 2.24) is 15.5 Å². The smallest absolute Gasteiger partial charge is 0.241 e. The molecule has 0 heterocycles. The molecule has 0 bridgehead atoms. The van der Waals surface area contributed by atoms with Gasteiger partial charge in [0.15, 0.2) is 17.5 Å². The van der Waals surface area contributed by atoms with Crippen LogP contribution >= 0.6 is 0 Å². The zero-order valence-electron chi connectivity index (χ0n) is 17.0. The van der Waals surface area contributed by atoms with Gasteiger partial charge in [0.1, 0.15) is 0 Å². The fraction of sp³-hybridized carbons (Fsp3) is 0.474. The van der Waals surface area contributed by atoms with Gasteiger partial charge in [0.2, 0.25) is 11.7 Å². The van der Waals surface area contributed by atoms with Gasteiger partial charge in [-0.25, -0.2) is 4.99 Å². The number of amides is 1. The van der Waals surface area contributed by atoms with Crippen LogP contribution in [0.5, 0.6) is 17.2 Å². The van der Waals surface area contributed by atoms with Gasteiger partial charge < -0.3 is 29.7 Å². The third-order valence-electron chi connectivity index (χ3n) is 3.61. The number of guanidine groups is 1. The highest BCUT2D eigenvalue weighted by molar-refractivity contribution is 5.86. The van der Waals surface area contributed by atoms with Crippen molar-refractivity contribution in [2.45, 2.75) is 13.5 Å². The fourth-order valence-corrected chi connectivity index (χ4v) is 2.12. The molecule has 150 valence electrons. The standard InChI is InChI=1S/C19H30N4O4/c1-13(2)10-20-19(22-12-17(24)23(3)4)21-11-14-8-15(25-5)18(27-7)16(9-14)26-6/h8-9H,1,10-12H2,2-7H3,(H2,20,21,22). The normalized spacial score (nSPS) is 10.8. The summed E-state index contributed by atoms with van der Waals surface area (Å²) in [7, 11) is 8.11. The SMILES string of the molecule is C=C(C)CNC(=NCc1cc(OC)c(OC)c(OC)c1)NCC(=O)N(C)C. The van der Waals surface area contributed by atoms with E-state index in [1.807, 2.05) is 19.1 Å². The van der Waals surface area contributed by atoms with Gasteiger partial charge in [0.05, 0.1) is 34.4 Å². The Bertz CT molecular complexity index is 661. The Labute approximate surface area is 161 Å². The second kappa shape index (κ2) is 10.9. The van der Waals surface area contributed by atoms with Crippen molar-refractivity contribution in [3.8, 4) is 17.2 Å². The van der Waals surface area contributed by atoms with Crippen molar-refractivity contribution in [2.24, 2.45) is 4.99 Å². The first kappa shape index (κ1) is 22.1. The molecule has 0 saturated heterocycles. The number of rotatable bonds is 9. The highest BCUT2D eigenvalue weighted by Gasteiger charge is 2.13. The minimum absolute atomic E-state index is 0.0485. The van der Waals surface area contributed by atoms with Gasteiger partial charge in [0.25, 0.3) is 0 Å². The van der Waals surface area contributed by atoms with Crippen LogP contribution in [-0.4, -0.2) is 65.3 Å². The van der Waals surface area contributed by atoms with E-state index < -0.39 is 0 Å². The van der Waals surface area contributed by atoms with E-state index in [1.165, 1.54) is 4.90 Å². The summed E-state index contributed by atoms with van der Waals surface area (Å²) in [6.45, 7) is 6.83. The van der Waals surface area contributed by atoms with Gasteiger partial charge in [0, 0.05) is 20.6 Å². The van der Waals surface area contributed by atoms with Gasteiger partial charge in [-0.1, -0.05) is 12.2 Å². The predicted molar refractivity (Wildman–Crippen MR) is 107 cm³/mol. The summed E-state index contributed by atoms with van der Waals surface area (Å²) in [5.41, 5.74) is 1.83.